The van der Waals surface area contributed by atoms with Crippen LogP contribution >= 0.6 is 0 Å². The Morgan fingerprint density at radius 3 is 1.31 bits per heavy atom. The highest BCUT2D eigenvalue weighted by Crippen LogP contribution is 2.41. The first-order valence-corrected chi connectivity index (χ1v) is 18.2. The van der Waals surface area contributed by atoms with Crippen molar-refractivity contribution in [2.45, 2.75) is 6.92 Å². The molecular formula is C49H31N5. The summed E-state index contributed by atoms with van der Waals surface area (Å²) in [6, 6.07) is 58.9. The number of rotatable bonds is 4. The lowest BCUT2D eigenvalue weighted by Crippen LogP contribution is -2.00. The first-order chi connectivity index (χ1) is 26.7. The molecule has 0 spiro atoms. The Morgan fingerprint density at radius 2 is 0.870 bits per heavy atom. The van der Waals surface area contributed by atoms with Crippen LogP contribution in [-0.2, 0) is 0 Å². The van der Waals surface area contributed by atoms with Crippen molar-refractivity contribution in [1.82, 2.24) is 18.7 Å². The van der Waals surface area contributed by atoms with Gasteiger partial charge in [-0.15, -0.1) is 0 Å². The average molecular weight is 690 g/mol. The van der Waals surface area contributed by atoms with Gasteiger partial charge < -0.3 is 13.7 Å². The van der Waals surface area contributed by atoms with Crippen LogP contribution in [0.2, 0.25) is 0 Å². The highest BCUT2D eigenvalue weighted by molar-refractivity contribution is 6.14. The summed E-state index contributed by atoms with van der Waals surface area (Å²) in [6.45, 7) is 2.10. The number of aryl methyl sites for hydroxylation is 1. The molecule has 0 N–H and O–H groups in total. The molecule has 0 bridgehead atoms. The Morgan fingerprint density at radius 1 is 0.444 bits per heavy atom. The van der Waals surface area contributed by atoms with E-state index in [0.29, 0.717) is 5.56 Å². The van der Waals surface area contributed by atoms with E-state index in [1.165, 1.54) is 43.6 Å². The number of nitriles is 1. The molecule has 0 atom stereocenters. The summed E-state index contributed by atoms with van der Waals surface area (Å²) in [7, 11) is 0. The van der Waals surface area contributed by atoms with E-state index in [0.717, 1.165) is 55.6 Å². The van der Waals surface area contributed by atoms with Crippen molar-refractivity contribution in [3.05, 3.63) is 181 Å². The molecular weight excluding hydrogens is 659 g/mol. The van der Waals surface area contributed by atoms with Crippen LogP contribution in [0.3, 0.4) is 0 Å². The molecule has 0 saturated heterocycles. The molecule has 54 heavy (non-hydrogen) atoms. The van der Waals surface area contributed by atoms with Gasteiger partial charge in [-0.25, -0.2) is 0 Å². The fraction of sp³-hybridized carbons (Fsp3) is 0.0204. The molecule has 0 aliphatic heterocycles. The standard InChI is InChI=1S/C49H31N5/c1-31-26-33(30-50)40(32-22-24-51-25-23-32)29-49(31)54-47-20-18-34(52-43-14-6-2-10-36(43)37-11-3-7-15-44(37)52)27-41(47)42-28-35(19-21-48(42)54)53-45-16-8-4-12-38(45)39-13-5-9-17-46(39)53/h2-29H,1H3. The van der Waals surface area contributed by atoms with Crippen molar-refractivity contribution < 1.29 is 0 Å². The Labute approximate surface area is 310 Å². The van der Waals surface area contributed by atoms with Gasteiger partial charge >= 0.3 is 0 Å². The number of nitrogens with zero attached hydrogens (tertiary/aromatic N) is 5. The minimum Gasteiger partial charge on any atom is -0.309 e. The first kappa shape index (κ1) is 30.2. The summed E-state index contributed by atoms with van der Waals surface area (Å²) >= 11 is 0. The zero-order chi connectivity index (χ0) is 35.9. The summed E-state index contributed by atoms with van der Waals surface area (Å²) in [5, 5.41) is 17.5. The lowest BCUT2D eigenvalue weighted by molar-refractivity contribution is 1.14. The van der Waals surface area contributed by atoms with Crippen LogP contribution < -0.4 is 0 Å². The van der Waals surface area contributed by atoms with E-state index < -0.39 is 0 Å². The van der Waals surface area contributed by atoms with Gasteiger partial charge in [-0.05, 0) is 103 Å². The molecule has 4 heterocycles. The molecule has 7 aromatic carbocycles. The number of hydrogen-bond acceptors (Lipinski definition) is 2. The van der Waals surface area contributed by atoms with Crippen LogP contribution in [0.15, 0.2) is 170 Å². The molecule has 252 valence electrons. The minimum absolute atomic E-state index is 0.644. The second kappa shape index (κ2) is 11.5. The number of para-hydroxylation sites is 4. The van der Waals surface area contributed by atoms with Crippen molar-refractivity contribution in [3.63, 3.8) is 0 Å². The zero-order valence-electron chi connectivity index (χ0n) is 29.4. The second-order valence-corrected chi connectivity index (χ2v) is 14.0. The van der Waals surface area contributed by atoms with Gasteiger partial charge in [0.2, 0.25) is 0 Å². The van der Waals surface area contributed by atoms with Crippen LogP contribution in [0.4, 0.5) is 0 Å². The third-order valence-electron chi connectivity index (χ3n) is 11.1. The number of benzene rings is 7. The Kier molecular flexibility index (Phi) is 6.46. The maximum absolute atomic E-state index is 10.2. The van der Waals surface area contributed by atoms with E-state index in [-0.39, 0.29) is 0 Å². The Hall–Kier alpha value is -7.42. The number of fused-ring (bicyclic) bond motifs is 9. The van der Waals surface area contributed by atoms with Gasteiger partial charge in [0.15, 0.2) is 0 Å². The van der Waals surface area contributed by atoms with Crippen LogP contribution in [0.5, 0.6) is 0 Å². The fourth-order valence-electron chi connectivity index (χ4n) is 8.74. The van der Waals surface area contributed by atoms with Gasteiger partial charge in [-0.1, -0.05) is 72.8 Å². The second-order valence-electron chi connectivity index (χ2n) is 14.0. The lowest BCUT2D eigenvalue weighted by atomic mass is 9.97. The van der Waals surface area contributed by atoms with Crippen molar-refractivity contribution >= 4 is 65.4 Å². The summed E-state index contributed by atoms with van der Waals surface area (Å²) in [5.74, 6) is 0. The normalized spacial score (nSPS) is 11.8. The third-order valence-corrected chi connectivity index (χ3v) is 11.1. The largest absolute Gasteiger partial charge is 0.309 e. The zero-order valence-corrected chi connectivity index (χ0v) is 29.4. The van der Waals surface area contributed by atoms with Crippen LogP contribution in [0.1, 0.15) is 11.1 Å². The maximum Gasteiger partial charge on any atom is 0.0998 e. The topological polar surface area (TPSA) is 51.5 Å². The number of pyridine rings is 1. The summed E-state index contributed by atoms with van der Waals surface area (Å²) in [5.41, 5.74) is 13.7. The minimum atomic E-state index is 0.644. The van der Waals surface area contributed by atoms with E-state index in [1.807, 2.05) is 18.2 Å². The molecule has 0 amide bonds. The van der Waals surface area contributed by atoms with Crippen molar-refractivity contribution in [2.75, 3.05) is 0 Å². The molecule has 0 radical (unpaired) electrons. The van der Waals surface area contributed by atoms with Crippen LogP contribution in [-0.4, -0.2) is 18.7 Å². The Balaban J connectivity index is 1.24. The van der Waals surface area contributed by atoms with Gasteiger partial charge in [-0.2, -0.15) is 5.26 Å². The van der Waals surface area contributed by atoms with E-state index in [4.69, 9.17) is 0 Å². The van der Waals surface area contributed by atoms with E-state index in [1.54, 1.807) is 12.4 Å². The molecule has 0 aliphatic rings. The van der Waals surface area contributed by atoms with E-state index >= 15 is 0 Å². The molecule has 0 fully saturated rings. The van der Waals surface area contributed by atoms with Gasteiger partial charge in [-0.3, -0.25) is 4.98 Å². The van der Waals surface area contributed by atoms with Crippen molar-refractivity contribution in [2.24, 2.45) is 0 Å². The predicted molar refractivity (Wildman–Crippen MR) is 222 cm³/mol. The van der Waals surface area contributed by atoms with Crippen LogP contribution in [0.25, 0.3) is 93.6 Å². The highest BCUT2D eigenvalue weighted by atomic mass is 15.0. The van der Waals surface area contributed by atoms with Crippen molar-refractivity contribution in [1.29, 1.82) is 5.26 Å². The quantitative estimate of drug-likeness (QED) is 0.185. The van der Waals surface area contributed by atoms with Gasteiger partial charge in [0.05, 0.1) is 44.7 Å². The molecule has 0 unspecified atom stereocenters. The van der Waals surface area contributed by atoms with E-state index in [2.05, 4.69) is 171 Å². The van der Waals surface area contributed by atoms with E-state index in [9.17, 15) is 5.26 Å². The average Bonchev–Trinajstić information content (AvgIpc) is 3.86. The molecule has 5 nitrogen and oxygen atoms in total. The number of aromatic nitrogens is 4. The molecule has 4 aromatic heterocycles. The van der Waals surface area contributed by atoms with Crippen molar-refractivity contribution in [3.8, 4) is 34.3 Å². The third kappa shape index (κ3) is 4.28. The fourth-order valence-corrected chi connectivity index (χ4v) is 8.74. The number of hydrogen-bond donors (Lipinski definition) is 0. The molecule has 11 aromatic rings. The smallest absolute Gasteiger partial charge is 0.0998 e. The van der Waals surface area contributed by atoms with Gasteiger partial charge in [0, 0.05) is 67.3 Å². The SMILES string of the molecule is Cc1cc(C#N)c(-c2ccncc2)cc1-n1c2ccc(-n3c4ccccc4c4ccccc43)cc2c2cc(-n3c4ccccc4c4ccccc43)ccc21. The summed E-state index contributed by atoms with van der Waals surface area (Å²) < 4.78 is 7.15. The lowest BCUT2D eigenvalue weighted by Gasteiger charge is -2.15. The first-order valence-electron chi connectivity index (χ1n) is 18.2. The molecule has 0 aliphatic carbocycles. The van der Waals surface area contributed by atoms with Gasteiger partial charge in [0.25, 0.3) is 0 Å². The molecule has 11 rings (SSSR count). The summed E-state index contributed by atoms with van der Waals surface area (Å²) in [4.78, 5) is 4.24. The maximum atomic E-state index is 10.2. The Bertz CT molecular complexity index is 3080. The van der Waals surface area contributed by atoms with Gasteiger partial charge in [0.1, 0.15) is 0 Å². The predicted octanol–water partition coefficient (Wildman–Crippen LogP) is 12.2. The molecule has 0 saturated carbocycles. The highest BCUT2D eigenvalue weighted by Gasteiger charge is 2.20. The monoisotopic (exact) mass is 689 g/mol. The summed E-state index contributed by atoms with van der Waals surface area (Å²) in [6.07, 6.45) is 3.56. The molecule has 5 heteroatoms. The van der Waals surface area contributed by atoms with Crippen LogP contribution in [0, 0.1) is 18.3 Å².